The van der Waals surface area contributed by atoms with Gasteiger partial charge in [0.15, 0.2) is 11.5 Å². The first kappa shape index (κ1) is 22.5. The maximum Gasteiger partial charge on any atom is 0.217 e. The van der Waals surface area contributed by atoms with Crippen LogP contribution < -0.4 is 14.8 Å². The van der Waals surface area contributed by atoms with Crippen molar-refractivity contribution in [1.29, 1.82) is 0 Å². The van der Waals surface area contributed by atoms with Gasteiger partial charge in [0.05, 0.1) is 12.6 Å². The quantitative estimate of drug-likeness (QED) is 0.393. The van der Waals surface area contributed by atoms with Crippen molar-refractivity contribution in [2.45, 2.75) is 50.9 Å². The molecule has 32 heavy (non-hydrogen) atoms. The topological polar surface area (TPSA) is 47.6 Å². The van der Waals surface area contributed by atoms with Gasteiger partial charge in [-0.3, -0.25) is 4.79 Å². The number of benzene rings is 3. The molecule has 0 radical (unpaired) electrons. The average molecular weight is 452 g/mol. The Kier molecular flexibility index (Phi) is 7.21. The van der Waals surface area contributed by atoms with Crippen molar-refractivity contribution in [3.63, 3.8) is 0 Å². The molecule has 0 bridgehead atoms. The summed E-state index contributed by atoms with van der Waals surface area (Å²) in [5.41, 5.74) is 1.07. The zero-order chi connectivity index (χ0) is 22.5. The Labute approximate surface area is 194 Å². The molecule has 5 heteroatoms. The first-order valence-corrected chi connectivity index (χ1v) is 11.8. The van der Waals surface area contributed by atoms with Gasteiger partial charge in [0.25, 0.3) is 0 Å². The molecule has 3 aromatic rings. The number of fused-ring (bicyclic) bond motifs is 1. The molecule has 1 aliphatic rings. The van der Waals surface area contributed by atoms with Gasteiger partial charge in [-0.1, -0.05) is 36.8 Å². The summed E-state index contributed by atoms with van der Waals surface area (Å²) in [7, 11) is 0. The fourth-order valence-electron chi connectivity index (χ4n) is 4.33. The molecule has 3 atom stereocenters. The number of alkyl halides is 1. The molecule has 3 aromatic carbocycles. The lowest BCUT2D eigenvalue weighted by molar-refractivity contribution is -0.119. The highest BCUT2D eigenvalue weighted by Crippen LogP contribution is 2.35. The molecule has 0 spiro atoms. The summed E-state index contributed by atoms with van der Waals surface area (Å²) >= 11 is 6.33. The van der Waals surface area contributed by atoms with E-state index in [2.05, 4.69) is 17.4 Å². The van der Waals surface area contributed by atoms with Crippen molar-refractivity contribution < 1.29 is 14.3 Å². The lowest BCUT2D eigenvalue weighted by Gasteiger charge is -2.25. The van der Waals surface area contributed by atoms with E-state index in [9.17, 15) is 4.79 Å². The van der Waals surface area contributed by atoms with Crippen LogP contribution in [0, 0.1) is 5.92 Å². The first-order chi connectivity index (χ1) is 15.5. The van der Waals surface area contributed by atoms with E-state index in [4.69, 9.17) is 21.1 Å². The summed E-state index contributed by atoms with van der Waals surface area (Å²) in [6.45, 7) is 4.18. The van der Waals surface area contributed by atoms with Crippen LogP contribution in [-0.4, -0.2) is 17.9 Å². The molecule has 1 N–H and O–H groups in total. The number of nitrogens with one attached hydrogen (secondary N) is 1. The Morgan fingerprint density at radius 3 is 2.59 bits per heavy atom. The lowest BCUT2D eigenvalue weighted by atomic mass is 9.89. The van der Waals surface area contributed by atoms with Gasteiger partial charge >= 0.3 is 0 Å². The molecule has 1 aliphatic carbocycles. The van der Waals surface area contributed by atoms with Gasteiger partial charge in [-0.2, -0.15) is 0 Å². The van der Waals surface area contributed by atoms with E-state index in [1.54, 1.807) is 0 Å². The van der Waals surface area contributed by atoms with Gasteiger partial charge in [0.1, 0.15) is 5.75 Å². The second-order valence-electron chi connectivity index (χ2n) is 8.68. The van der Waals surface area contributed by atoms with Gasteiger partial charge in [-0.15, -0.1) is 11.6 Å². The van der Waals surface area contributed by atoms with Crippen LogP contribution in [-0.2, 0) is 4.79 Å². The van der Waals surface area contributed by atoms with Crippen molar-refractivity contribution >= 4 is 28.3 Å². The third-order valence-electron chi connectivity index (χ3n) is 6.03. The highest BCUT2D eigenvalue weighted by atomic mass is 35.5. The zero-order valence-electron chi connectivity index (χ0n) is 18.6. The highest BCUT2D eigenvalue weighted by molar-refractivity contribution is 6.20. The SMILES string of the molecule is CC(=O)NC(C)c1ccc2cc(Oc3ccccc3OCC3CCCC(Cl)C3)ccc2c1. The smallest absolute Gasteiger partial charge is 0.217 e. The molecule has 0 saturated heterocycles. The fraction of sp³-hybridized carbons (Fsp3) is 0.370. The fourth-order valence-corrected chi connectivity index (χ4v) is 4.73. The maximum atomic E-state index is 11.3. The number of carbonyl (C=O) groups excluding carboxylic acids is 1. The summed E-state index contributed by atoms with van der Waals surface area (Å²) < 4.78 is 12.3. The van der Waals surface area contributed by atoms with Crippen LogP contribution >= 0.6 is 11.6 Å². The Bertz CT molecular complexity index is 1080. The molecule has 0 heterocycles. The second-order valence-corrected chi connectivity index (χ2v) is 9.30. The van der Waals surface area contributed by atoms with Gasteiger partial charge in [0.2, 0.25) is 5.91 Å². The van der Waals surface area contributed by atoms with Crippen molar-refractivity contribution in [1.82, 2.24) is 5.32 Å². The van der Waals surface area contributed by atoms with E-state index in [0.29, 0.717) is 18.3 Å². The normalized spacial score (nSPS) is 19.3. The number of para-hydroxylation sites is 2. The summed E-state index contributed by atoms with van der Waals surface area (Å²) in [5, 5.41) is 5.37. The molecule has 4 rings (SSSR count). The van der Waals surface area contributed by atoms with Crippen molar-refractivity contribution in [2.75, 3.05) is 6.61 Å². The molecule has 168 valence electrons. The Hall–Kier alpha value is -2.72. The standard InChI is InChI=1S/C27H30ClNO3/c1-18(29-19(2)30)21-10-11-23-16-25(13-12-22(23)15-21)32-27-9-4-3-8-26(27)31-17-20-6-5-7-24(28)14-20/h3-4,8-13,15-16,18,20,24H,5-7,14,17H2,1-2H3,(H,29,30). The van der Waals surface area contributed by atoms with Crippen LogP contribution in [0.3, 0.4) is 0 Å². The maximum absolute atomic E-state index is 11.3. The molecule has 3 unspecified atom stereocenters. The number of ether oxygens (including phenoxy) is 2. The molecule has 4 nitrogen and oxygen atoms in total. The van der Waals surface area contributed by atoms with Gasteiger partial charge in [-0.05, 0) is 78.8 Å². The van der Waals surface area contributed by atoms with Gasteiger partial charge in [-0.25, -0.2) is 0 Å². The number of rotatable bonds is 7. The van der Waals surface area contributed by atoms with Crippen LogP contribution in [0.15, 0.2) is 60.7 Å². The van der Waals surface area contributed by atoms with Crippen molar-refractivity contribution in [3.05, 3.63) is 66.2 Å². The van der Waals surface area contributed by atoms with Crippen LogP contribution in [0.1, 0.15) is 51.1 Å². The van der Waals surface area contributed by atoms with Crippen molar-refractivity contribution in [2.24, 2.45) is 5.92 Å². The molecule has 0 aromatic heterocycles. The van der Waals surface area contributed by atoms with Crippen LogP contribution in [0.2, 0.25) is 0 Å². The van der Waals surface area contributed by atoms with E-state index in [1.807, 2.05) is 55.5 Å². The summed E-state index contributed by atoms with van der Waals surface area (Å²) in [5.74, 6) is 2.68. The van der Waals surface area contributed by atoms with Gasteiger partial charge < -0.3 is 14.8 Å². The zero-order valence-corrected chi connectivity index (χ0v) is 19.4. The van der Waals surface area contributed by atoms with Crippen LogP contribution in [0.25, 0.3) is 10.8 Å². The highest BCUT2D eigenvalue weighted by Gasteiger charge is 2.21. The van der Waals surface area contributed by atoms with Crippen molar-refractivity contribution in [3.8, 4) is 17.2 Å². The number of hydrogen-bond donors (Lipinski definition) is 1. The lowest BCUT2D eigenvalue weighted by Crippen LogP contribution is -2.23. The third-order valence-corrected chi connectivity index (χ3v) is 6.42. The van der Waals surface area contributed by atoms with Crippen LogP contribution in [0.5, 0.6) is 17.2 Å². The average Bonchev–Trinajstić information content (AvgIpc) is 2.78. The molecule has 1 saturated carbocycles. The van der Waals surface area contributed by atoms with E-state index < -0.39 is 0 Å². The Morgan fingerprint density at radius 2 is 1.81 bits per heavy atom. The molecule has 0 aliphatic heterocycles. The largest absolute Gasteiger partial charge is 0.489 e. The monoisotopic (exact) mass is 451 g/mol. The Morgan fingerprint density at radius 1 is 1.06 bits per heavy atom. The molecular weight excluding hydrogens is 422 g/mol. The molecular formula is C27H30ClNO3. The van der Waals surface area contributed by atoms with E-state index in [1.165, 1.54) is 19.8 Å². The summed E-state index contributed by atoms with van der Waals surface area (Å²) in [6.07, 6.45) is 4.45. The molecule has 1 fully saturated rings. The first-order valence-electron chi connectivity index (χ1n) is 11.3. The minimum atomic E-state index is -0.0341. The van der Waals surface area contributed by atoms with E-state index in [-0.39, 0.29) is 17.3 Å². The number of carbonyl (C=O) groups is 1. The third kappa shape index (κ3) is 5.74. The Balaban J connectivity index is 1.46. The van der Waals surface area contributed by atoms with E-state index >= 15 is 0 Å². The number of halogens is 1. The minimum Gasteiger partial charge on any atom is -0.489 e. The number of amides is 1. The summed E-state index contributed by atoms with van der Waals surface area (Å²) in [6, 6.07) is 20.0. The second kappa shape index (κ2) is 10.3. The van der Waals surface area contributed by atoms with Crippen LogP contribution in [0.4, 0.5) is 0 Å². The predicted octanol–water partition coefficient (Wildman–Crippen LogP) is 7.01. The minimum absolute atomic E-state index is 0.0323. The predicted molar refractivity (Wildman–Crippen MR) is 130 cm³/mol. The number of hydrogen-bond acceptors (Lipinski definition) is 3. The van der Waals surface area contributed by atoms with E-state index in [0.717, 1.165) is 40.7 Å². The summed E-state index contributed by atoms with van der Waals surface area (Å²) in [4.78, 5) is 11.3. The van der Waals surface area contributed by atoms with Gasteiger partial charge in [0, 0.05) is 12.3 Å². The molecule has 1 amide bonds.